The molecule has 0 spiro atoms. The molecule has 0 saturated carbocycles. The number of aryl methyl sites for hydroxylation is 1. The molecule has 0 bridgehead atoms. The smallest absolute Gasteiger partial charge is 0.135 e. The van der Waals surface area contributed by atoms with Crippen molar-refractivity contribution < 1.29 is 4.42 Å². The van der Waals surface area contributed by atoms with Gasteiger partial charge in [-0.1, -0.05) is 84.9 Å². The fourth-order valence-electron chi connectivity index (χ4n) is 4.47. The molecule has 2 heteroatoms. The van der Waals surface area contributed by atoms with Gasteiger partial charge in [-0.25, -0.2) is 0 Å². The molecule has 6 rings (SSSR count). The van der Waals surface area contributed by atoms with E-state index in [9.17, 15) is 0 Å². The lowest BCUT2D eigenvalue weighted by Gasteiger charge is -2.13. The van der Waals surface area contributed by atoms with E-state index in [0.29, 0.717) is 0 Å². The van der Waals surface area contributed by atoms with Gasteiger partial charge in [0.2, 0.25) is 0 Å². The molecule has 0 saturated heterocycles. The van der Waals surface area contributed by atoms with Crippen molar-refractivity contribution in [2.75, 3.05) is 0 Å². The van der Waals surface area contributed by atoms with Gasteiger partial charge < -0.3 is 4.42 Å². The Morgan fingerprint density at radius 3 is 2.03 bits per heavy atom. The molecule has 0 aliphatic rings. The normalized spacial score (nSPS) is 11.1. The SMILES string of the molecule is Cc1cccc(-c2ccc(-c3ccccc3)c(-c3ccc4oc(-c5ccccc5)cc4c3)c2)n1. The van der Waals surface area contributed by atoms with Crippen LogP contribution in [0.3, 0.4) is 0 Å². The van der Waals surface area contributed by atoms with E-state index in [0.717, 1.165) is 44.8 Å². The molecule has 34 heavy (non-hydrogen) atoms. The largest absolute Gasteiger partial charge is 0.456 e. The zero-order chi connectivity index (χ0) is 22.9. The molecule has 0 aliphatic heterocycles. The average molecular weight is 438 g/mol. The van der Waals surface area contributed by atoms with Crippen LogP contribution < -0.4 is 0 Å². The van der Waals surface area contributed by atoms with Crippen LogP contribution in [0.1, 0.15) is 5.69 Å². The van der Waals surface area contributed by atoms with Gasteiger partial charge in [0.25, 0.3) is 0 Å². The van der Waals surface area contributed by atoms with Crippen molar-refractivity contribution >= 4 is 11.0 Å². The van der Waals surface area contributed by atoms with Crippen molar-refractivity contribution in [1.29, 1.82) is 0 Å². The van der Waals surface area contributed by atoms with Crippen LogP contribution in [0.4, 0.5) is 0 Å². The number of hydrogen-bond donors (Lipinski definition) is 0. The molecule has 0 amide bonds. The molecule has 2 nitrogen and oxygen atoms in total. The number of furan rings is 1. The van der Waals surface area contributed by atoms with E-state index in [4.69, 9.17) is 9.40 Å². The standard InChI is InChI=1S/C32H23NO/c1-22-9-8-14-30(33-22)26-15-17-28(23-10-4-2-5-11-23)29(20-26)25-16-18-31-27(19-25)21-32(34-31)24-12-6-3-7-13-24/h2-21H,1H3. The van der Waals surface area contributed by atoms with E-state index in [2.05, 4.69) is 97.1 Å². The summed E-state index contributed by atoms with van der Waals surface area (Å²) in [6.07, 6.45) is 0. The molecule has 6 aromatic rings. The van der Waals surface area contributed by atoms with Crippen molar-refractivity contribution in [2.24, 2.45) is 0 Å². The zero-order valence-corrected chi connectivity index (χ0v) is 18.9. The van der Waals surface area contributed by atoms with Gasteiger partial charge in [0.05, 0.1) is 5.69 Å². The summed E-state index contributed by atoms with van der Waals surface area (Å²) >= 11 is 0. The lowest BCUT2D eigenvalue weighted by atomic mass is 9.91. The first-order chi connectivity index (χ1) is 16.7. The highest BCUT2D eigenvalue weighted by Gasteiger charge is 2.13. The molecule has 0 unspecified atom stereocenters. The second kappa shape index (κ2) is 8.49. The van der Waals surface area contributed by atoms with Crippen LogP contribution >= 0.6 is 0 Å². The van der Waals surface area contributed by atoms with E-state index in [1.54, 1.807) is 0 Å². The first kappa shape index (κ1) is 20.2. The summed E-state index contributed by atoms with van der Waals surface area (Å²) in [7, 11) is 0. The monoisotopic (exact) mass is 437 g/mol. The Hall–Kier alpha value is -4.43. The van der Waals surface area contributed by atoms with E-state index >= 15 is 0 Å². The van der Waals surface area contributed by atoms with E-state index in [1.807, 2.05) is 31.2 Å². The van der Waals surface area contributed by atoms with Crippen molar-refractivity contribution in [3.63, 3.8) is 0 Å². The minimum atomic E-state index is 0.883. The van der Waals surface area contributed by atoms with Gasteiger partial charge in [-0.2, -0.15) is 0 Å². The summed E-state index contributed by atoms with van der Waals surface area (Å²) in [4.78, 5) is 4.75. The van der Waals surface area contributed by atoms with Gasteiger partial charge in [-0.3, -0.25) is 4.98 Å². The fraction of sp³-hybridized carbons (Fsp3) is 0.0312. The number of benzene rings is 4. The highest BCUT2D eigenvalue weighted by atomic mass is 16.3. The number of nitrogens with zero attached hydrogens (tertiary/aromatic N) is 1. The van der Waals surface area contributed by atoms with Crippen LogP contribution in [-0.4, -0.2) is 4.98 Å². The molecule has 0 aliphatic carbocycles. The Bertz CT molecular complexity index is 1600. The third-order valence-electron chi connectivity index (χ3n) is 6.17. The third kappa shape index (κ3) is 3.80. The molecule has 2 aromatic heterocycles. The van der Waals surface area contributed by atoms with Crippen LogP contribution in [-0.2, 0) is 0 Å². The van der Waals surface area contributed by atoms with Crippen molar-refractivity contribution in [3.8, 4) is 44.8 Å². The van der Waals surface area contributed by atoms with Crippen LogP contribution in [0.5, 0.6) is 0 Å². The summed E-state index contributed by atoms with van der Waals surface area (Å²) in [5.41, 5.74) is 9.80. The molecule has 4 aromatic carbocycles. The highest BCUT2D eigenvalue weighted by molar-refractivity contribution is 5.92. The topological polar surface area (TPSA) is 26.0 Å². The highest BCUT2D eigenvalue weighted by Crippen LogP contribution is 2.38. The minimum absolute atomic E-state index is 0.883. The Morgan fingerprint density at radius 2 is 1.26 bits per heavy atom. The molecule has 0 radical (unpaired) electrons. The summed E-state index contributed by atoms with van der Waals surface area (Å²) < 4.78 is 6.16. The van der Waals surface area contributed by atoms with Crippen molar-refractivity contribution in [1.82, 2.24) is 4.98 Å². The van der Waals surface area contributed by atoms with Crippen LogP contribution in [0.25, 0.3) is 55.8 Å². The van der Waals surface area contributed by atoms with Gasteiger partial charge in [0.1, 0.15) is 11.3 Å². The summed E-state index contributed by atoms with van der Waals surface area (Å²) in [5.74, 6) is 0.883. The lowest BCUT2D eigenvalue weighted by Crippen LogP contribution is -1.90. The predicted molar refractivity (Wildman–Crippen MR) is 140 cm³/mol. The van der Waals surface area contributed by atoms with E-state index in [1.165, 1.54) is 16.7 Å². The number of rotatable bonds is 4. The lowest BCUT2D eigenvalue weighted by molar-refractivity contribution is 0.631. The van der Waals surface area contributed by atoms with Gasteiger partial charge in [-0.05, 0) is 65.6 Å². The molecule has 0 atom stereocenters. The molecule has 162 valence electrons. The Labute approximate surface area is 199 Å². The first-order valence-electron chi connectivity index (χ1n) is 11.5. The minimum Gasteiger partial charge on any atom is -0.456 e. The molecule has 2 heterocycles. The fourth-order valence-corrected chi connectivity index (χ4v) is 4.47. The van der Waals surface area contributed by atoms with Crippen molar-refractivity contribution in [2.45, 2.75) is 6.92 Å². The second-order valence-electron chi connectivity index (χ2n) is 8.52. The first-order valence-corrected chi connectivity index (χ1v) is 11.5. The second-order valence-corrected chi connectivity index (χ2v) is 8.52. The van der Waals surface area contributed by atoms with Gasteiger partial charge in [0.15, 0.2) is 0 Å². The van der Waals surface area contributed by atoms with Crippen molar-refractivity contribution in [3.05, 3.63) is 127 Å². The molecular formula is C32H23NO. The van der Waals surface area contributed by atoms with E-state index < -0.39 is 0 Å². The molecule has 0 fully saturated rings. The maximum absolute atomic E-state index is 6.16. The van der Waals surface area contributed by atoms with Crippen LogP contribution in [0, 0.1) is 6.92 Å². The number of fused-ring (bicyclic) bond motifs is 1. The summed E-state index contributed by atoms with van der Waals surface area (Å²) in [6, 6.07) is 42.1. The van der Waals surface area contributed by atoms with Crippen LogP contribution in [0.2, 0.25) is 0 Å². The van der Waals surface area contributed by atoms with E-state index in [-0.39, 0.29) is 0 Å². The maximum Gasteiger partial charge on any atom is 0.135 e. The predicted octanol–water partition coefficient (Wildman–Crippen LogP) is 8.80. The Balaban J connectivity index is 1.52. The third-order valence-corrected chi connectivity index (χ3v) is 6.17. The Kier molecular flexibility index (Phi) is 5.04. The number of hydrogen-bond acceptors (Lipinski definition) is 2. The maximum atomic E-state index is 6.16. The summed E-state index contributed by atoms with van der Waals surface area (Å²) in [5, 5.41) is 1.09. The average Bonchev–Trinajstić information content (AvgIpc) is 3.33. The quantitative estimate of drug-likeness (QED) is 0.275. The number of aromatic nitrogens is 1. The zero-order valence-electron chi connectivity index (χ0n) is 18.9. The molecule has 0 N–H and O–H groups in total. The van der Waals surface area contributed by atoms with Gasteiger partial charge in [-0.15, -0.1) is 0 Å². The Morgan fingerprint density at radius 1 is 0.529 bits per heavy atom. The van der Waals surface area contributed by atoms with Gasteiger partial charge >= 0.3 is 0 Å². The number of pyridine rings is 1. The summed E-state index contributed by atoms with van der Waals surface area (Å²) in [6.45, 7) is 2.03. The van der Waals surface area contributed by atoms with Gasteiger partial charge in [0, 0.05) is 22.2 Å². The molecular weight excluding hydrogens is 414 g/mol. The van der Waals surface area contributed by atoms with Crippen LogP contribution in [0.15, 0.2) is 126 Å².